The zero-order chi connectivity index (χ0) is 21.5. The summed E-state index contributed by atoms with van der Waals surface area (Å²) >= 11 is 1.51. The van der Waals surface area contributed by atoms with Crippen molar-refractivity contribution in [2.45, 2.75) is 45.6 Å². The first-order valence-electron chi connectivity index (χ1n) is 10.9. The minimum absolute atomic E-state index is 0.105. The highest BCUT2D eigenvalue weighted by Gasteiger charge is 2.20. The lowest BCUT2D eigenvalue weighted by Gasteiger charge is -2.26. The average molecular weight is 435 g/mol. The normalized spacial score (nSPS) is 15.3. The van der Waals surface area contributed by atoms with Crippen LogP contribution in [0, 0.1) is 0 Å². The van der Waals surface area contributed by atoms with E-state index in [0.717, 1.165) is 36.1 Å². The van der Waals surface area contributed by atoms with Gasteiger partial charge in [0, 0.05) is 6.54 Å². The van der Waals surface area contributed by atoms with Crippen LogP contribution in [0.3, 0.4) is 0 Å². The van der Waals surface area contributed by atoms with Crippen LogP contribution < -0.4 is 5.43 Å². The van der Waals surface area contributed by atoms with E-state index in [-0.39, 0.29) is 11.2 Å². The van der Waals surface area contributed by atoms with E-state index in [0.29, 0.717) is 39.6 Å². The van der Waals surface area contributed by atoms with E-state index in [1.165, 1.54) is 29.6 Å². The quantitative estimate of drug-likeness (QED) is 0.434. The SMILES string of the molecule is CC(C)c1cccc2sc(-c3coc4c(CN5CCCCC5)c(O)ccc4c3=O)nc12. The Morgan fingerprint density at radius 2 is 1.97 bits per heavy atom. The number of fused-ring (bicyclic) bond motifs is 2. The summed E-state index contributed by atoms with van der Waals surface area (Å²) in [4.78, 5) is 20.5. The number of likely N-dealkylation sites (tertiary alicyclic amines) is 1. The fourth-order valence-electron chi connectivity index (χ4n) is 4.44. The molecule has 31 heavy (non-hydrogen) atoms. The number of phenolic OH excluding ortho intramolecular Hbond substituents is 1. The minimum atomic E-state index is -0.105. The summed E-state index contributed by atoms with van der Waals surface area (Å²) in [5.74, 6) is 0.530. The van der Waals surface area contributed by atoms with Crippen molar-refractivity contribution in [1.82, 2.24) is 9.88 Å². The van der Waals surface area contributed by atoms with Crippen molar-refractivity contribution in [3.05, 3.63) is 57.9 Å². The van der Waals surface area contributed by atoms with Gasteiger partial charge in [-0.25, -0.2) is 4.98 Å². The maximum atomic E-state index is 13.4. The summed E-state index contributed by atoms with van der Waals surface area (Å²) in [5.41, 5.74) is 3.66. The molecule has 5 rings (SSSR count). The second-order valence-electron chi connectivity index (χ2n) is 8.62. The molecule has 0 atom stereocenters. The highest BCUT2D eigenvalue weighted by molar-refractivity contribution is 7.21. The van der Waals surface area contributed by atoms with E-state index < -0.39 is 0 Å². The summed E-state index contributed by atoms with van der Waals surface area (Å²) in [6.45, 7) is 6.89. The summed E-state index contributed by atoms with van der Waals surface area (Å²) in [7, 11) is 0. The molecule has 6 heteroatoms. The van der Waals surface area contributed by atoms with Gasteiger partial charge < -0.3 is 9.52 Å². The van der Waals surface area contributed by atoms with Gasteiger partial charge >= 0.3 is 0 Å². The summed E-state index contributed by atoms with van der Waals surface area (Å²) < 4.78 is 7.05. The van der Waals surface area contributed by atoms with Crippen molar-refractivity contribution in [1.29, 1.82) is 0 Å². The first kappa shape index (κ1) is 20.2. The molecule has 5 nitrogen and oxygen atoms in total. The molecule has 0 unspecified atom stereocenters. The molecule has 1 saturated heterocycles. The van der Waals surface area contributed by atoms with Crippen molar-refractivity contribution in [3.63, 3.8) is 0 Å². The number of benzene rings is 2. The van der Waals surface area contributed by atoms with E-state index in [1.54, 1.807) is 12.1 Å². The van der Waals surface area contributed by atoms with Crippen LogP contribution in [0.15, 0.2) is 45.8 Å². The first-order chi connectivity index (χ1) is 15.0. The third-order valence-electron chi connectivity index (χ3n) is 6.15. The fraction of sp³-hybridized carbons (Fsp3) is 0.360. The van der Waals surface area contributed by atoms with Crippen LogP contribution in [0.4, 0.5) is 0 Å². The molecule has 2 aromatic heterocycles. The van der Waals surface area contributed by atoms with E-state index in [2.05, 4.69) is 24.8 Å². The zero-order valence-electron chi connectivity index (χ0n) is 17.9. The molecule has 3 heterocycles. The number of nitrogens with zero attached hydrogens (tertiary/aromatic N) is 2. The van der Waals surface area contributed by atoms with Crippen LogP contribution in [0.1, 0.15) is 50.2 Å². The monoisotopic (exact) mass is 434 g/mol. The number of hydrogen-bond acceptors (Lipinski definition) is 6. The summed E-state index contributed by atoms with van der Waals surface area (Å²) in [6, 6.07) is 9.44. The molecule has 0 bridgehead atoms. The summed E-state index contributed by atoms with van der Waals surface area (Å²) in [6.07, 6.45) is 5.08. The molecule has 1 aliphatic heterocycles. The topological polar surface area (TPSA) is 66.6 Å². The third kappa shape index (κ3) is 3.64. The van der Waals surface area contributed by atoms with Gasteiger partial charge in [-0.3, -0.25) is 9.69 Å². The Morgan fingerprint density at radius 1 is 1.16 bits per heavy atom. The van der Waals surface area contributed by atoms with Crippen LogP contribution in [-0.2, 0) is 6.54 Å². The number of aromatic nitrogens is 1. The van der Waals surface area contributed by atoms with Gasteiger partial charge in [0.2, 0.25) is 5.43 Å². The van der Waals surface area contributed by atoms with Gasteiger partial charge in [-0.1, -0.05) is 32.4 Å². The number of para-hydroxylation sites is 1. The lowest BCUT2D eigenvalue weighted by atomic mass is 10.0. The van der Waals surface area contributed by atoms with Gasteiger partial charge in [0.05, 0.1) is 26.7 Å². The van der Waals surface area contributed by atoms with Gasteiger partial charge in [0.25, 0.3) is 0 Å². The third-order valence-corrected chi connectivity index (χ3v) is 7.21. The van der Waals surface area contributed by atoms with E-state index in [4.69, 9.17) is 9.40 Å². The second-order valence-corrected chi connectivity index (χ2v) is 9.65. The number of hydrogen-bond donors (Lipinski definition) is 1. The molecule has 0 amide bonds. The molecular formula is C25H26N2O3S. The zero-order valence-corrected chi connectivity index (χ0v) is 18.7. The Balaban J connectivity index is 1.61. The highest BCUT2D eigenvalue weighted by atomic mass is 32.1. The predicted octanol–water partition coefficient (Wildman–Crippen LogP) is 5.88. The second kappa shape index (κ2) is 8.09. The molecule has 1 N–H and O–H groups in total. The number of phenols is 1. The van der Waals surface area contributed by atoms with Crippen molar-refractivity contribution in [3.8, 4) is 16.3 Å². The van der Waals surface area contributed by atoms with Gasteiger partial charge in [0.15, 0.2) is 0 Å². The van der Waals surface area contributed by atoms with Crippen LogP contribution in [0.25, 0.3) is 31.8 Å². The largest absolute Gasteiger partial charge is 0.507 e. The molecule has 1 aliphatic rings. The van der Waals surface area contributed by atoms with E-state index >= 15 is 0 Å². The van der Waals surface area contributed by atoms with Crippen molar-refractivity contribution in [2.75, 3.05) is 13.1 Å². The van der Waals surface area contributed by atoms with Gasteiger partial charge in [-0.15, -0.1) is 11.3 Å². The van der Waals surface area contributed by atoms with Crippen molar-refractivity contribution < 1.29 is 9.52 Å². The van der Waals surface area contributed by atoms with Gasteiger partial charge in [-0.2, -0.15) is 0 Å². The molecule has 0 spiro atoms. The Hall–Kier alpha value is -2.70. The Morgan fingerprint density at radius 3 is 2.74 bits per heavy atom. The minimum Gasteiger partial charge on any atom is -0.507 e. The van der Waals surface area contributed by atoms with Crippen LogP contribution in [0.5, 0.6) is 5.75 Å². The number of rotatable bonds is 4. The molecule has 2 aromatic carbocycles. The molecule has 160 valence electrons. The van der Waals surface area contributed by atoms with Gasteiger partial charge in [-0.05, 0) is 55.6 Å². The molecule has 0 aliphatic carbocycles. The number of aromatic hydroxyl groups is 1. The number of thiazole rings is 1. The van der Waals surface area contributed by atoms with E-state index in [9.17, 15) is 9.90 Å². The van der Waals surface area contributed by atoms with Gasteiger partial charge in [0.1, 0.15) is 22.6 Å². The van der Waals surface area contributed by atoms with Crippen LogP contribution >= 0.6 is 11.3 Å². The highest BCUT2D eigenvalue weighted by Crippen LogP contribution is 2.35. The predicted molar refractivity (Wildman–Crippen MR) is 126 cm³/mol. The first-order valence-corrected chi connectivity index (χ1v) is 11.7. The Labute approximate surface area is 185 Å². The van der Waals surface area contributed by atoms with Crippen LogP contribution in [0.2, 0.25) is 0 Å². The van der Waals surface area contributed by atoms with E-state index in [1.807, 2.05) is 12.1 Å². The molecule has 1 fully saturated rings. The lowest BCUT2D eigenvalue weighted by molar-refractivity contribution is 0.218. The van der Waals surface area contributed by atoms with Crippen molar-refractivity contribution >= 4 is 32.5 Å². The maximum absolute atomic E-state index is 13.4. The standard InChI is InChI=1S/C25H26N2O3S/c1-15(2)16-7-6-8-21-22(16)26-25(31-21)19-14-30-24-17(23(19)29)9-10-20(28)18(24)13-27-11-4-3-5-12-27/h6-10,14-15,28H,3-5,11-13H2,1-2H3. The molecule has 0 saturated carbocycles. The Bertz CT molecular complexity index is 1320. The maximum Gasteiger partial charge on any atom is 0.202 e. The average Bonchev–Trinajstić information content (AvgIpc) is 3.20. The van der Waals surface area contributed by atoms with Crippen molar-refractivity contribution in [2.24, 2.45) is 0 Å². The summed E-state index contributed by atoms with van der Waals surface area (Å²) in [5, 5.41) is 11.7. The smallest absolute Gasteiger partial charge is 0.202 e. The molecular weight excluding hydrogens is 408 g/mol. The molecule has 0 radical (unpaired) electrons. The molecule has 4 aromatic rings. The fourth-order valence-corrected chi connectivity index (χ4v) is 5.44. The Kier molecular flexibility index (Phi) is 5.28. The van der Waals surface area contributed by atoms with Crippen LogP contribution in [-0.4, -0.2) is 28.1 Å². The lowest BCUT2D eigenvalue weighted by Crippen LogP contribution is -2.29. The number of piperidine rings is 1.